The van der Waals surface area contributed by atoms with Crippen molar-refractivity contribution in [2.75, 3.05) is 12.4 Å². The van der Waals surface area contributed by atoms with Crippen LogP contribution in [-0.2, 0) is 4.79 Å². The van der Waals surface area contributed by atoms with E-state index < -0.39 is 5.91 Å². The molecule has 0 aliphatic heterocycles. The van der Waals surface area contributed by atoms with Crippen LogP contribution in [0.2, 0.25) is 0 Å². The molecule has 5 nitrogen and oxygen atoms in total. The molecule has 2 rings (SSSR count). The van der Waals surface area contributed by atoms with Gasteiger partial charge in [0.15, 0.2) is 11.5 Å². The highest BCUT2D eigenvalue weighted by Crippen LogP contribution is 2.33. The van der Waals surface area contributed by atoms with E-state index in [9.17, 15) is 10.1 Å². The van der Waals surface area contributed by atoms with Crippen LogP contribution in [0.1, 0.15) is 30.5 Å². The van der Waals surface area contributed by atoms with Gasteiger partial charge in [0.2, 0.25) is 0 Å². The number of methoxy groups -OCH3 is 1. The number of carbonyl (C=O) groups is 1. The van der Waals surface area contributed by atoms with Gasteiger partial charge in [-0.25, -0.2) is 0 Å². The fourth-order valence-electron chi connectivity index (χ4n) is 2.67. The van der Waals surface area contributed by atoms with Crippen molar-refractivity contribution in [1.82, 2.24) is 0 Å². The number of anilines is 1. The molecular formula is C22H24N2O3. The van der Waals surface area contributed by atoms with E-state index in [2.05, 4.69) is 5.32 Å². The summed E-state index contributed by atoms with van der Waals surface area (Å²) in [6.07, 6.45) is 1.44. The van der Waals surface area contributed by atoms with Crippen molar-refractivity contribution in [1.29, 1.82) is 5.26 Å². The Kier molecular flexibility index (Phi) is 6.62. The van der Waals surface area contributed by atoms with Crippen molar-refractivity contribution in [2.24, 2.45) is 0 Å². The maximum absolute atomic E-state index is 12.7. The summed E-state index contributed by atoms with van der Waals surface area (Å²) in [5, 5.41) is 12.4. The zero-order valence-electron chi connectivity index (χ0n) is 16.3. The molecule has 0 heterocycles. The molecule has 0 unspecified atom stereocenters. The van der Waals surface area contributed by atoms with E-state index in [-0.39, 0.29) is 11.7 Å². The van der Waals surface area contributed by atoms with E-state index in [0.717, 1.165) is 11.1 Å². The molecule has 1 amide bonds. The second-order valence-corrected chi connectivity index (χ2v) is 6.44. The van der Waals surface area contributed by atoms with Gasteiger partial charge in [0.05, 0.1) is 13.2 Å². The Morgan fingerprint density at radius 1 is 1.15 bits per heavy atom. The van der Waals surface area contributed by atoms with Gasteiger partial charge in [0, 0.05) is 11.3 Å². The molecule has 2 aromatic carbocycles. The Morgan fingerprint density at radius 2 is 1.78 bits per heavy atom. The normalized spacial score (nSPS) is 11.1. The summed E-state index contributed by atoms with van der Waals surface area (Å²) < 4.78 is 11.2. The molecule has 0 aliphatic rings. The van der Waals surface area contributed by atoms with Gasteiger partial charge in [0.1, 0.15) is 11.6 Å². The summed E-state index contributed by atoms with van der Waals surface area (Å²) in [7, 11) is 1.55. The number of ether oxygens (including phenoxy) is 2. The number of hydrogen-bond donors (Lipinski definition) is 1. The Labute approximate surface area is 160 Å². The first-order chi connectivity index (χ1) is 12.9. The Bertz CT molecular complexity index is 888. The third-order valence-corrected chi connectivity index (χ3v) is 3.97. The average Bonchev–Trinajstić information content (AvgIpc) is 2.63. The molecule has 140 valence electrons. The van der Waals surface area contributed by atoms with Crippen molar-refractivity contribution in [3.05, 3.63) is 58.7 Å². The van der Waals surface area contributed by atoms with Crippen LogP contribution < -0.4 is 14.8 Å². The molecular weight excluding hydrogens is 340 g/mol. The molecule has 0 aromatic heterocycles. The van der Waals surface area contributed by atoms with Crippen molar-refractivity contribution in [3.8, 4) is 17.6 Å². The minimum Gasteiger partial charge on any atom is -0.493 e. The second kappa shape index (κ2) is 8.91. The standard InChI is InChI=1S/C22H24N2O3/c1-14(2)27-21-17(10-7-11-19(21)26-5)12-18(13-23)22(25)24-20-15(3)8-6-9-16(20)4/h6-12,14H,1-5H3,(H,24,25)/b18-12+. The van der Waals surface area contributed by atoms with Gasteiger partial charge >= 0.3 is 0 Å². The topological polar surface area (TPSA) is 71.3 Å². The molecule has 0 aliphatic carbocycles. The molecule has 0 spiro atoms. The maximum atomic E-state index is 12.7. The van der Waals surface area contributed by atoms with Crippen molar-refractivity contribution in [2.45, 2.75) is 33.8 Å². The molecule has 0 atom stereocenters. The second-order valence-electron chi connectivity index (χ2n) is 6.44. The van der Waals surface area contributed by atoms with Crippen LogP contribution in [-0.4, -0.2) is 19.1 Å². The summed E-state index contributed by atoms with van der Waals surface area (Å²) in [5.41, 5.74) is 3.18. The summed E-state index contributed by atoms with van der Waals surface area (Å²) in [4.78, 5) is 12.7. The number of amides is 1. The highest BCUT2D eigenvalue weighted by molar-refractivity contribution is 6.10. The fraction of sp³-hybridized carbons (Fsp3) is 0.273. The van der Waals surface area contributed by atoms with Crippen molar-refractivity contribution >= 4 is 17.7 Å². The number of nitrogens with zero attached hydrogens (tertiary/aromatic N) is 1. The van der Waals surface area contributed by atoms with E-state index in [1.165, 1.54) is 6.08 Å². The predicted molar refractivity (Wildman–Crippen MR) is 107 cm³/mol. The fourth-order valence-corrected chi connectivity index (χ4v) is 2.67. The maximum Gasteiger partial charge on any atom is 0.266 e. The molecule has 0 fully saturated rings. The van der Waals surface area contributed by atoms with E-state index in [0.29, 0.717) is 22.7 Å². The van der Waals surface area contributed by atoms with Gasteiger partial charge in [-0.05, 0) is 51.0 Å². The summed E-state index contributed by atoms with van der Waals surface area (Å²) in [5.74, 6) is 0.584. The lowest BCUT2D eigenvalue weighted by molar-refractivity contribution is -0.112. The van der Waals surface area contributed by atoms with Gasteiger partial charge in [-0.2, -0.15) is 5.26 Å². The number of nitriles is 1. The van der Waals surface area contributed by atoms with Crippen LogP contribution in [0.3, 0.4) is 0 Å². The quantitative estimate of drug-likeness (QED) is 0.598. The lowest BCUT2D eigenvalue weighted by Crippen LogP contribution is -2.15. The van der Waals surface area contributed by atoms with E-state index in [1.807, 2.05) is 52.0 Å². The Balaban J connectivity index is 2.41. The number of nitrogens with one attached hydrogen (secondary N) is 1. The predicted octanol–water partition coefficient (Wildman–Crippen LogP) is 4.64. The van der Waals surface area contributed by atoms with Crippen LogP contribution in [0.25, 0.3) is 6.08 Å². The molecule has 5 heteroatoms. The lowest BCUT2D eigenvalue weighted by Gasteiger charge is -2.16. The van der Waals surface area contributed by atoms with E-state index in [1.54, 1.807) is 25.3 Å². The van der Waals surface area contributed by atoms with Crippen LogP contribution >= 0.6 is 0 Å². The van der Waals surface area contributed by atoms with Crippen LogP contribution in [0, 0.1) is 25.2 Å². The van der Waals surface area contributed by atoms with Crippen molar-refractivity contribution in [3.63, 3.8) is 0 Å². The van der Waals surface area contributed by atoms with Crippen LogP contribution in [0.5, 0.6) is 11.5 Å². The molecule has 2 aromatic rings. The van der Waals surface area contributed by atoms with E-state index >= 15 is 0 Å². The number of hydrogen-bond acceptors (Lipinski definition) is 4. The number of rotatable bonds is 6. The highest BCUT2D eigenvalue weighted by Gasteiger charge is 2.16. The Morgan fingerprint density at radius 3 is 2.33 bits per heavy atom. The van der Waals surface area contributed by atoms with Gasteiger partial charge in [-0.15, -0.1) is 0 Å². The smallest absolute Gasteiger partial charge is 0.266 e. The minimum atomic E-state index is -0.465. The molecule has 27 heavy (non-hydrogen) atoms. The van der Waals surface area contributed by atoms with Crippen molar-refractivity contribution < 1.29 is 14.3 Å². The first-order valence-corrected chi connectivity index (χ1v) is 8.70. The highest BCUT2D eigenvalue weighted by atomic mass is 16.5. The molecule has 1 N–H and O–H groups in total. The van der Waals surface area contributed by atoms with Crippen LogP contribution in [0.4, 0.5) is 5.69 Å². The zero-order valence-corrected chi connectivity index (χ0v) is 16.3. The first-order valence-electron chi connectivity index (χ1n) is 8.70. The van der Waals surface area contributed by atoms with Gasteiger partial charge in [0.25, 0.3) is 5.91 Å². The van der Waals surface area contributed by atoms with Crippen LogP contribution in [0.15, 0.2) is 42.0 Å². The summed E-state index contributed by atoms with van der Waals surface area (Å²) in [6.45, 7) is 7.63. The van der Waals surface area contributed by atoms with Gasteiger partial charge < -0.3 is 14.8 Å². The average molecular weight is 364 g/mol. The third-order valence-electron chi connectivity index (χ3n) is 3.97. The zero-order chi connectivity index (χ0) is 20.0. The van der Waals surface area contributed by atoms with E-state index in [4.69, 9.17) is 9.47 Å². The SMILES string of the molecule is COc1cccc(/C=C(\C#N)C(=O)Nc2c(C)cccc2C)c1OC(C)C. The summed E-state index contributed by atoms with van der Waals surface area (Å²) >= 11 is 0. The first kappa shape index (κ1) is 20.1. The number of carbonyl (C=O) groups excluding carboxylic acids is 1. The lowest BCUT2D eigenvalue weighted by atomic mass is 10.1. The molecule has 0 radical (unpaired) electrons. The van der Waals surface area contributed by atoms with Gasteiger partial charge in [-0.1, -0.05) is 30.3 Å². The number of benzene rings is 2. The largest absolute Gasteiger partial charge is 0.493 e. The monoisotopic (exact) mass is 364 g/mol. The molecule has 0 bridgehead atoms. The number of para-hydroxylation sites is 2. The summed E-state index contributed by atoms with van der Waals surface area (Å²) in [6, 6.07) is 13.1. The third kappa shape index (κ3) is 4.89. The van der Waals surface area contributed by atoms with Gasteiger partial charge in [-0.3, -0.25) is 4.79 Å². The number of aryl methyl sites for hydroxylation is 2. The minimum absolute atomic E-state index is 0.0143. The molecule has 0 saturated carbocycles. The Hall–Kier alpha value is -3.26. The molecule has 0 saturated heterocycles.